The van der Waals surface area contributed by atoms with Gasteiger partial charge in [-0.2, -0.15) is 26.3 Å². The van der Waals surface area contributed by atoms with Gasteiger partial charge in [0.15, 0.2) is 5.82 Å². The fourth-order valence-electron chi connectivity index (χ4n) is 3.79. The highest BCUT2D eigenvalue weighted by Gasteiger charge is 2.38. The van der Waals surface area contributed by atoms with Crippen molar-refractivity contribution >= 4 is 41.1 Å². The van der Waals surface area contributed by atoms with Crippen molar-refractivity contribution in [1.82, 2.24) is 20.2 Å². The van der Waals surface area contributed by atoms with Gasteiger partial charge < -0.3 is 37.6 Å². The number of benzene rings is 2. The smallest absolute Gasteiger partial charge is 0.475 e. The number of nitrogens with one attached hydrogen (secondary N) is 4. The fraction of sp³-hybridized carbons (Fsp3) is 0.344. The van der Waals surface area contributed by atoms with Gasteiger partial charge in [-0.05, 0) is 51.0 Å². The Morgan fingerprint density at radius 1 is 0.925 bits per heavy atom. The Hall–Kier alpha value is -6.15. The minimum Gasteiger partial charge on any atom is -0.475 e. The van der Waals surface area contributed by atoms with Gasteiger partial charge in [0.25, 0.3) is 11.5 Å². The summed E-state index contributed by atoms with van der Waals surface area (Å²) < 4.78 is 64.8. The molecule has 0 fully saturated rings. The number of amidine groups is 1. The van der Waals surface area contributed by atoms with Crippen LogP contribution < -0.4 is 33.0 Å². The predicted octanol–water partition coefficient (Wildman–Crippen LogP) is 3.71. The second-order valence-corrected chi connectivity index (χ2v) is 11.3. The Labute approximate surface area is 297 Å². The number of nitrogens with two attached hydrogens (primary N) is 2. The van der Waals surface area contributed by atoms with Gasteiger partial charge in [-0.3, -0.25) is 24.4 Å². The zero-order valence-electron chi connectivity index (χ0n) is 28.6. The van der Waals surface area contributed by atoms with Crippen molar-refractivity contribution in [2.75, 3.05) is 11.1 Å². The molecule has 0 saturated heterocycles. The maximum absolute atomic E-state index is 13.4. The third-order valence-corrected chi connectivity index (χ3v) is 6.52. The first kappa shape index (κ1) is 44.9. The maximum atomic E-state index is 13.4. The fourth-order valence-corrected chi connectivity index (χ4v) is 3.79. The number of hydrogen-bond acceptors (Lipinski definition) is 9. The largest absolute Gasteiger partial charge is 0.490 e. The first-order valence-corrected chi connectivity index (χ1v) is 15.3. The third kappa shape index (κ3) is 15.3. The number of carbonyl (C=O) groups excluding carboxylic acids is 2. The van der Waals surface area contributed by atoms with E-state index >= 15 is 0 Å². The Balaban J connectivity index is 0.000000845. The summed E-state index contributed by atoms with van der Waals surface area (Å²) in [6, 6.07) is 11.7. The third-order valence-electron chi connectivity index (χ3n) is 6.52. The summed E-state index contributed by atoms with van der Waals surface area (Å²) in [5, 5.41) is 30.5. The molecule has 1 aromatic heterocycles. The number of rotatable bonds is 11. The highest BCUT2D eigenvalue weighted by atomic mass is 19.4. The number of carboxylic acids is 2. The number of hydrogen-bond donors (Lipinski definition) is 8. The molecule has 0 saturated carbocycles. The number of amides is 2. The molecule has 0 aliphatic heterocycles. The summed E-state index contributed by atoms with van der Waals surface area (Å²) in [6.45, 7) is 7.58. The molecule has 0 bridgehead atoms. The number of carboxylic acid groups (broad SMARTS) is 2. The van der Waals surface area contributed by atoms with Crippen LogP contribution in [0.1, 0.15) is 55.6 Å². The standard InChI is InChI=1S/C28H36N8O3.2C2HF3O2/c1-5-17(4)35-27(38)21-10-20(11-22(29)12-21)23-14-33-26(34-16(2)3)28(39)36(23)15-24(37)32-13-18-6-8-19(9-7-18)25(30)31;2*3-2(4,5)1(6)7/h6-12,14,16-17H,5,13,15,29H2,1-4H3,(H3,30,31)(H,32,37)(H,33,34)(H,35,38);2*(H,6,7). The van der Waals surface area contributed by atoms with E-state index in [4.69, 9.17) is 36.7 Å². The highest BCUT2D eigenvalue weighted by molar-refractivity contribution is 5.97. The Bertz CT molecular complexity index is 1800. The molecule has 21 heteroatoms. The highest BCUT2D eigenvalue weighted by Crippen LogP contribution is 2.24. The van der Waals surface area contributed by atoms with Crippen LogP contribution in [0.25, 0.3) is 11.3 Å². The lowest BCUT2D eigenvalue weighted by atomic mass is 10.1. The van der Waals surface area contributed by atoms with Gasteiger partial charge in [0.2, 0.25) is 5.91 Å². The lowest BCUT2D eigenvalue weighted by Crippen LogP contribution is -2.35. The minimum absolute atomic E-state index is 0.0222. The van der Waals surface area contributed by atoms with E-state index in [-0.39, 0.29) is 42.7 Å². The molecule has 1 heterocycles. The van der Waals surface area contributed by atoms with E-state index in [2.05, 4.69) is 20.9 Å². The normalized spacial score (nSPS) is 11.5. The molecule has 15 nitrogen and oxygen atoms in total. The zero-order valence-corrected chi connectivity index (χ0v) is 28.6. The molecule has 3 rings (SSSR count). The Kier molecular flexibility index (Phi) is 16.5. The van der Waals surface area contributed by atoms with E-state index in [1.165, 1.54) is 10.8 Å². The predicted molar refractivity (Wildman–Crippen MR) is 181 cm³/mol. The van der Waals surface area contributed by atoms with Crippen LogP contribution in [0.3, 0.4) is 0 Å². The summed E-state index contributed by atoms with van der Waals surface area (Å²) in [5.41, 5.74) is 14.0. The van der Waals surface area contributed by atoms with Crippen molar-refractivity contribution in [3.8, 4) is 11.3 Å². The van der Waals surface area contributed by atoms with Crippen LogP contribution in [0.5, 0.6) is 0 Å². The molecule has 10 N–H and O–H groups in total. The quantitative estimate of drug-likeness (QED) is 0.0605. The number of alkyl halides is 6. The van der Waals surface area contributed by atoms with E-state index < -0.39 is 35.8 Å². The number of halogens is 6. The number of carbonyl (C=O) groups is 4. The van der Waals surface area contributed by atoms with Gasteiger partial charge in [0.05, 0.1) is 11.9 Å². The molecule has 1 atom stereocenters. The molecule has 290 valence electrons. The van der Waals surface area contributed by atoms with E-state index in [0.717, 1.165) is 12.0 Å². The maximum Gasteiger partial charge on any atom is 0.490 e. The Morgan fingerprint density at radius 3 is 1.91 bits per heavy atom. The van der Waals surface area contributed by atoms with E-state index in [9.17, 15) is 40.7 Å². The van der Waals surface area contributed by atoms with E-state index in [0.29, 0.717) is 28.1 Å². The zero-order chi connectivity index (χ0) is 40.8. The molecular weight excluding hydrogens is 722 g/mol. The number of aromatic nitrogens is 2. The Morgan fingerprint density at radius 2 is 1.45 bits per heavy atom. The molecule has 0 spiro atoms. The van der Waals surface area contributed by atoms with Crippen molar-refractivity contribution in [3.63, 3.8) is 0 Å². The van der Waals surface area contributed by atoms with Crippen LogP contribution in [-0.2, 0) is 27.5 Å². The summed E-state index contributed by atoms with van der Waals surface area (Å²) >= 11 is 0. The van der Waals surface area contributed by atoms with Crippen LogP contribution in [0.15, 0.2) is 53.5 Å². The van der Waals surface area contributed by atoms with Gasteiger partial charge in [-0.1, -0.05) is 31.2 Å². The summed E-state index contributed by atoms with van der Waals surface area (Å²) in [7, 11) is 0. The monoisotopic (exact) mass is 760 g/mol. The number of nitrogens with zero attached hydrogens (tertiary/aromatic N) is 2. The number of aliphatic carboxylic acids is 2. The summed E-state index contributed by atoms with van der Waals surface area (Å²) in [4.78, 5) is 61.3. The molecule has 0 aliphatic carbocycles. The van der Waals surface area contributed by atoms with Crippen LogP contribution in [-0.4, -0.2) is 73.8 Å². The second kappa shape index (κ2) is 19.5. The van der Waals surface area contributed by atoms with Crippen molar-refractivity contribution < 1.29 is 55.7 Å². The van der Waals surface area contributed by atoms with Crippen LogP contribution >= 0.6 is 0 Å². The number of nitrogen functional groups attached to an aromatic ring is 2. The lowest BCUT2D eigenvalue weighted by Gasteiger charge is -2.17. The summed E-state index contributed by atoms with van der Waals surface area (Å²) in [5.74, 6) is -6.12. The van der Waals surface area contributed by atoms with Gasteiger partial charge >= 0.3 is 24.3 Å². The van der Waals surface area contributed by atoms with E-state index in [1.807, 2.05) is 27.7 Å². The van der Waals surface area contributed by atoms with Gasteiger partial charge in [0.1, 0.15) is 12.4 Å². The average molecular weight is 761 g/mol. The van der Waals surface area contributed by atoms with Gasteiger partial charge in [-0.25, -0.2) is 14.6 Å². The lowest BCUT2D eigenvalue weighted by molar-refractivity contribution is -0.193. The molecule has 1 unspecified atom stereocenters. The topological polar surface area (TPSA) is 256 Å². The van der Waals surface area contributed by atoms with Gasteiger partial charge in [0, 0.05) is 41.0 Å². The molecule has 53 heavy (non-hydrogen) atoms. The van der Waals surface area contributed by atoms with Crippen molar-refractivity contribution in [3.05, 3.63) is 75.7 Å². The van der Waals surface area contributed by atoms with Crippen molar-refractivity contribution in [2.24, 2.45) is 5.73 Å². The second-order valence-electron chi connectivity index (χ2n) is 11.3. The molecule has 0 aliphatic rings. The molecule has 0 radical (unpaired) electrons. The first-order chi connectivity index (χ1) is 24.4. The molecule has 2 aromatic carbocycles. The number of anilines is 2. The minimum atomic E-state index is -5.08. The van der Waals surface area contributed by atoms with Gasteiger partial charge in [-0.15, -0.1) is 0 Å². The van der Waals surface area contributed by atoms with Crippen LogP contribution in [0.2, 0.25) is 0 Å². The molecule has 2 amide bonds. The average Bonchev–Trinajstić information content (AvgIpc) is 3.05. The molecule has 3 aromatic rings. The van der Waals surface area contributed by atoms with Crippen molar-refractivity contribution in [2.45, 2.75) is 71.6 Å². The first-order valence-electron chi connectivity index (χ1n) is 15.3. The van der Waals surface area contributed by atoms with Crippen LogP contribution in [0, 0.1) is 5.41 Å². The SMILES string of the molecule is CCC(C)NC(=O)c1cc(N)cc(-c2cnc(NC(C)C)c(=O)n2CC(=O)NCc2ccc(C(=N)N)cc2)c1.O=C(O)C(F)(F)F.O=C(O)C(F)(F)F. The molecular formula is C32H38F6N8O7. The van der Waals surface area contributed by atoms with Crippen molar-refractivity contribution in [1.29, 1.82) is 5.41 Å². The van der Waals surface area contributed by atoms with Crippen LogP contribution in [0.4, 0.5) is 37.8 Å². The van der Waals surface area contributed by atoms with E-state index in [1.54, 1.807) is 42.5 Å². The summed E-state index contributed by atoms with van der Waals surface area (Å²) in [6.07, 6.45) is -7.91.